The van der Waals surface area contributed by atoms with Crippen molar-refractivity contribution < 1.29 is 14.3 Å². The summed E-state index contributed by atoms with van der Waals surface area (Å²) in [4.78, 5) is 10.4. The second-order valence-electron chi connectivity index (χ2n) is 4.14. The van der Waals surface area contributed by atoms with Gasteiger partial charge in [0.25, 0.3) is 0 Å². The Bertz CT molecular complexity index is 177. The highest BCUT2D eigenvalue weighted by Crippen LogP contribution is 2.22. The Balaban J connectivity index is 4.04. The van der Waals surface area contributed by atoms with Gasteiger partial charge in [0, 0.05) is 6.54 Å². The van der Waals surface area contributed by atoms with Gasteiger partial charge in [0.1, 0.15) is 6.61 Å². The minimum Gasteiger partial charge on any atom is -0.447 e. The minimum atomic E-state index is -0.782. The molecule has 0 saturated carbocycles. The highest BCUT2D eigenvalue weighted by molar-refractivity contribution is 5.64. The zero-order valence-electron chi connectivity index (χ0n) is 9.08. The molecule has 0 rings (SSSR count). The van der Waals surface area contributed by atoms with Gasteiger partial charge in [0.05, 0.1) is 12.7 Å². The Morgan fingerprint density at radius 3 is 2.36 bits per heavy atom. The molecule has 0 aliphatic rings. The SMILES string of the molecule is CC(C)(C)C(COC(N)=O)OCCN. The van der Waals surface area contributed by atoms with Crippen molar-refractivity contribution in [2.45, 2.75) is 26.9 Å². The number of primary amides is 1. The first-order valence-electron chi connectivity index (χ1n) is 4.62. The van der Waals surface area contributed by atoms with Crippen LogP contribution in [-0.2, 0) is 9.47 Å². The summed E-state index contributed by atoms with van der Waals surface area (Å²) in [6, 6.07) is 0. The van der Waals surface area contributed by atoms with Crippen LogP contribution in [0.5, 0.6) is 0 Å². The molecule has 5 nitrogen and oxygen atoms in total. The molecule has 1 amide bonds. The molecule has 84 valence electrons. The number of carbonyl (C=O) groups is 1. The molecule has 4 N–H and O–H groups in total. The smallest absolute Gasteiger partial charge is 0.404 e. The molecular formula is C9H20N2O3. The standard InChI is InChI=1S/C9H20N2O3/c1-9(2,3)7(13-5-4-10)6-14-8(11)12/h7H,4-6,10H2,1-3H3,(H2,11,12). The van der Waals surface area contributed by atoms with Crippen LogP contribution in [0.3, 0.4) is 0 Å². The third-order valence-electron chi connectivity index (χ3n) is 1.78. The number of hydrogen-bond donors (Lipinski definition) is 2. The van der Waals surface area contributed by atoms with E-state index in [9.17, 15) is 4.79 Å². The molecule has 0 aliphatic carbocycles. The van der Waals surface area contributed by atoms with E-state index in [-0.39, 0.29) is 18.1 Å². The number of hydrogen-bond acceptors (Lipinski definition) is 4. The largest absolute Gasteiger partial charge is 0.447 e. The predicted octanol–water partition coefficient (Wildman–Crippen LogP) is 0.472. The number of carbonyl (C=O) groups excluding carboxylic acids is 1. The van der Waals surface area contributed by atoms with Crippen LogP contribution in [0.2, 0.25) is 0 Å². The van der Waals surface area contributed by atoms with Crippen LogP contribution in [0.4, 0.5) is 4.79 Å². The maximum atomic E-state index is 10.4. The lowest BCUT2D eigenvalue weighted by atomic mass is 9.89. The predicted molar refractivity (Wildman–Crippen MR) is 53.8 cm³/mol. The lowest BCUT2D eigenvalue weighted by Crippen LogP contribution is -2.36. The van der Waals surface area contributed by atoms with Crippen molar-refractivity contribution in [3.8, 4) is 0 Å². The van der Waals surface area contributed by atoms with Crippen molar-refractivity contribution in [3.05, 3.63) is 0 Å². The molecular weight excluding hydrogens is 184 g/mol. The normalized spacial score (nSPS) is 13.7. The summed E-state index contributed by atoms with van der Waals surface area (Å²) in [6.07, 6.45) is -0.964. The monoisotopic (exact) mass is 204 g/mol. The fourth-order valence-electron chi connectivity index (χ4n) is 0.916. The second-order valence-corrected chi connectivity index (χ2v) is 4.14. The van der Waals surface area contributed by atoms with Gasteiger partial charge in [0.2, 0.25) is 0 Å². The van der Waals surface area contributed by atoms with Crippen LogP contribution < -0.4 is 11.5 Å². The molecule has 0 aromatic rings. The Morgan fingerprint density at radius 2 is 2.00 bits per heavy atom. The molecule has 0 aromatic heterocycles. The van der Waals surface area contributed by atoms with Crippen molar-refractivity contribution >= 4 is 6.09 Å². The molecule has 1 atom stereocenters. The average molecular weight is 204 g/mol. The van der Waals surface area contributed by atoms with E-state index < -0.39 is 6.09 Å². The summed E-state index contributed by atoms with van der Waals surface area (Å²) in [5, 5.41) is 0. The molecule has 0 aromatic carbocycles. The third-order valence-corrected chi connectivity index (χ3v) is 1.78. The second kappa shape index (κ2) is 5.82. The first-order chi connectivity index (χ1) is 6.38. The lowest BCUT2D eigenvalue weighted by Gasteiger charge is -2.29. The van der Waals surface area contributed by atoms with E-state index >= 15 is 0 Å². The van der Waals surface area contributed by atoms with E-state index in [1.54, 1.807) is 0 Å². The Labute approximate surface area is 84.7 Å². The fraction of sp³-hybridized carbons (Fsp3) is 0.889. The van der Waals surface area contributed by atoms with E-state index in [1.807, 2.05) is 20.8 Å². The van der Waals surface area contributed by atoms with Gasteiger partial charge >= 0.3 is 6.09 Å². The zero-order chi connectivity index (χ0) is 11.2. The molecule has 0 saturated heterocycles. The summed E-state index contributed by atoms with van der Waals surface area (Å²) < 4.78 is 10.1. The molecule has 0 aliphatic heterocycles. The molecule has 5 heteroatoms. The van der Waals surface area contributed by atoms with Crippen LogP contribution >= 0.6 is 0 Å². The van der Waals surface area contributed by atoms with E-state index in [1.165, 1.54) is 0 Å². The zero-order valence-corrected chi connectivity index (χ0v) is 9.08. The van der Waals surface area contributed by atoms with Gasteiger partial charge < -0.3 is 20.9 Å². The van der Waals surface area contributed by atoms with Crippen LogP contribution in [-0.4, -0.2) is 32.0 Å². The van der Waals surface area contributed by atoms with Crippen LogP contribution in [0.25, 0.3) is 0 Å². The van der Waals surface area contributed by atoms with Crippen molar-refractivity contribution in [3.63, 3.8) is 0 Å². The first-order valence-corrected chi connectivity index (χ1v) is 4.62. The minimum absolute atomic E-state index is 0.107. The van der Waals surface area contributed by atoms with Gasteiger partial charge in [-0.1, -0.05) is 20.8 Å². The molecule has 0 radical (unpaired) electrons. The van der Waals surface area contributed by atoms with Gasteiger partial charge in [-0.3, -0.25) is 0 Å². The lowest BCUT2D eigenvalue weighted by molar-refractivity contribution is -0.0486. The van der Waals surface area contributed by atoms with Gasteiger partial charge in [-0.25, -0.2) is 4.79 Å². The Hall–Kier alpha value is -0.810. The maximum Gasteiger partial charge on any atom is 0.404 e. The van der Waals surface area contributed by atoms with E-state index in [2.05, 4.69) is 0 Å². The average Bonchev–Trinajstić information content (AvgIpc) is 2.01. The third kappa shape index (κ3) is 5.77. The summed E-state index contributed by atoms with van der Waals surface area (Å²) in [6.45, 7) is 7.06. The van der Waals surface area contributed by atoms with Crippen LogP contribution in [0.15, 0.2) is 0 Å². The maximum absolute atomic E-state index is 10.4. The van der Waals surface area contributed by atoms with Gasteiger partial charge in [0.15, 0.2) is 0 Å². The summed E-state index contributed by atoms with van der Waals surface area (Å²) in [5.41, 5.74) is 10.1. The highest BCUT2D eigenvalue weighted by atomic mass is 16.6. The number of amides is 1. The molecule has 0 bridgehead atoms. The quantitative estimate of drug-likeness (QED) is 0.681. The molecule has 0 heterocycles. The number of nitrogens with two attached hydrogens (primary N) is 2. The fourth-order valence-corrected chi connectivity index (χ4v) is 0.916. The summed E-state index contributed by atoms with van der Waals surface area (Å²) >= 11 is 0. The molecule has 14 heavy (non-hydrogen) atoms. The van der Waals surface area contributed by atoms with E-state index in [0.29, 0.717) is 13.2 Å². The summed E-state index contributed by atoms with van der Waals surface area (Å²) in [7, 11) is 0. The van der Waals surface area contributed by atoms with E-state index in [0.717, 1.165) is 0 Å². The van der Waals surface area contributed by atoms with E-state index in [4.69, 9.17) is 20.9 Å². The molecule has 0 spiro atoms. The van der Waals surface area contributed by atoms with Crippen molar-refractivity contribution in [2.75, 3.05) is 19.8 Å². The molecule has 0 fully saturated rings. The van der Waals surface area contributed by atoms with Gasteiger partial charge in [-0.15, -0.1) is 0 Å². The highest BCUT2D eigenvalue weighted by Gasteiger charge is 2.26. The van der Waals surface area contributed by atoms with Gasteiger partial charge in [-0.05, 0) is 5.41 Å². The van der Waals surface area contributed by atoms with Crippen molar-refractivity contribution in [2.24, 2.45) is 16.9 Å². The van der Waals surface area contributed by atoms with Crippen molar-refractivity contribution in [1.82, 2.24) is 0 Å². The topological polar surface area (TPSA) is 87.6 Å². The first kappa shape index (κ1) is 13.2. The Morgan fingerprint density at radius 1 is 1.43 bits per heavy atom. The van der Waals surface area contributed by atoms with Gasteiger partial charge in [-0.2, -0.15) is 0 Å². The van der Waals surface area contributed by atoms with Crippen molar-refractivity contribution in [1.29, 1.82) is 0 Å². The number of rotatable bonds is 5. The van der Waals surface area contributed by atoms with Crippen LogP contribution in [0.1, 0.15) is 20.8 Å². The number of ether oxygens (including phenoxy) is 2. The Kier molecular flexibility index (Phi) is 5.49. The molecule has 1 unspecified atom stereocenters. The van der Waals surface area contributed by atoms with Crippen LogP contribution in [0, 0.1) is 5.41 Å². The summed E-state index contributed by atoms with van der Waals surface area (Å²) in [5.74, 6) is 0.